The topological polar surface area (TPSA) is 55.8 Å². The van der Waals surface area contributed by atoms with Crippen molar-refractivity contribution in [2.75, 3.05) is 6.61 Å². The van der Waals surface area contributed by atoms with Gasteiger partial charge in [0.05, 0.1) is 12.7 Å². The number of aliphatic hydroxyl groups excluding tert-OH is 1. The second-order valence-electron chi connectivity index (χ2n) is 4.23. The van der Waals surface area contributed by atoms with Crippen molar-refractivity contribution < 1.29 is 19.4 Å². The van der Waals surface area contributed by atoms with Crippen LogP contribution in [0.25, 0.3) is 0 Å². The summed E-state index contributed by atoms with van der Waals surface area (Å²) in [5, 5.41) is 9.69. The first-order valence-electron chi connectivity index (χ1n) is 6.07. The molecule has 0 saturated heterocycles. The summed E-state index contributed by atoms with van der Waals surface area (Å²) < 4.78 is 10.4. The molecule has 0 spiro atoms. The van der Waals surface area contributed by atoms with Crippen LogP contribution in [-0.2, 0) is 9.53 Å². The van der Waals surface area contributed by atoms with Crippen LogP contribution < -0.4 is 4.74 Å². The zero-order valence-corrected chi connectivity index (χ0v) is 11.3. The van der Waals surface area contributed by atoms with E-state index in [2.05, 4.69) is 0 Å². The molecule has 0 fully saturated rings. The fraction of sp³-hybridized carbons (Fsp3) is 0.500. The maximum Gasteiger partial charge on any atom is 0.347 e. The van der Waals surface area contributed by atoms with E-state index in [1.807, 2.05) is 19.1 Å². The van der Waals surface area contributed by atoms with Gasteiger partial charge in [0, 0.05) is 5.56 Å². The lowest BCUT2D eigenvalue weighted by Crippen LogP contribution is -2.26. The SMILES string of the molecule is CCOC(=O)C(C)Oc1ccc(C)cc1C(C)O. The molecular formula is C14H20O4. The maximum absolute atomic E-state index is 11.5. The van der Waals surface area contributed by atoms with Gasteiger partial charge >= 0.3 is 5.97 Å². The minimum absolute atomic E-state index is 0.323. The van der Waals surface area contributed by atoms with Gasteiger partial charge in [-0.1, -0.05) is 11.6 Å². The minimum Gasteiger partial charge on any atom is -0.479 e. The van der Waals surface area contributed by atoms with Crippen molar-refractivity contribution in [1.29, 1.82) is 0 Å². The van der Waals surface area contributed by atoms with Crippen LogP contribution in [0.15, 0.2) is 18.2 Å². The zero-order valence-electron chi connectivity index (χ0n) is 11.3. The van der Waals surface area contributed by atoms with Gasteiger partial charge in [0.15, 0.2) is 6.10 Å². The van der Waals surface area contributed by atoms with Crippen LogP contribution in [0.4, 0.5) is 0 Å². The van der Waals surface area contributed by atoms with Crippen molar-refractivity contribution >= 4 is 5.97 Å². The van der Waals surface area contributed by atoms with Crippen LogP contribution in [0, 0.1) is 6.92 Å². The fourth-order valence-corrected chi connectivity index (χ4v) is 1.60. The van der Waals surface area contributed by atoms with Gasteiger partial charge in [-0.2, -0.15) is 0 Å². The second kappa shape index (κ2) is 6.40. The highest BCUT2D eigenvalue weighted by Gasteiger charge is 2.18. The largest absolute Gasteiger partial charge is 0.479 e. The molecule has 0 bridgehead atoms. The Bertz CT molecular complexity index is 412. The zero-order chi connectivity index (χ0) is 13.7. The molecule has 2 atom stereocenters. The van der Waals surface area contributed by atoms with E-state index in [-0.39, 0.29) is 0 Å². The van der Waals surface area contributed by atoms with Gasteiger partial charge in [-0.3, -0.25) is 0 Å². The summed E-state index contributed by atoms with van der Waals surface area (Å²) in [7, 11) is 0. The van der Waals surface area contributed by atoms with Crippen molar-refractivity contribution in [3.63, 3.8) is 0 Å². The molecule has 0 aliphatic carbocycles. The molecule has 4 heteroatoms. The predicted molar refractivity (Wildman–Crippen MR) is 68.5 cm³/mol. The number of aryl methyl sites for hydroxylation is 1. The number of ether oxygens (including phenoxy) is 2. The van der Waals surface area contributed by atoms with Gasteiger partial charge in [-0.25, -0.2) is 4.79 Å². The Balaban J connectivity index is 2.87. The number of aliphatic hydroxyl groups is 1. The lowest BCUT2D eigenvalue weighted by atomic mass is 10.1. The molecule has 0 aromatic heterocycles. The molecule has 0 aliphatic rings. The Labute approximate surface area is 108 Å². The van der Waals surface area contributed by atoms with Gasteiger partial charge in [0.25, 0.3) is 0 Å². The maximum atomic E-state index is 11.5. The molecule has 0 amide bonds. The molecule has 0 heterocycles. The average molecular weight is 252 g/mol. The van der Waals surface area contributed by atoms with Gasteiger partial charge < -0.3 is 14.6 Å². The van der Waals surface area contributed by atoms with Crippen molar-refractivity contribution in [3.05, 3.63) is 29.3 Å². The monoisotopic (exact) mass is 252 g/mol. The number of carbonyl (C=O) groups excluding carboxylic acids is 1. The summed E-state index contributed by atoms with van der Waals surface area (Å²) >= 11 is 0. The van der Waals surface area contributed by atoms with E-state index in [0.717, 1.165) is 5.56 Å². The lowest BCUT2D eigenvalue weighted by molar-refractivity contribution is -0.150. The third kappa shape index (κ3) is 3.74. The Morgan fingerprint density at radius 3 is 2.61 bits per heavy atom. The van der Waals surface area contributed by atoms with Crippen LogP contribution in [-0.4, -0.2) is 23.8 Å². The summed E-state index contributed by atoms with van der Waals surface area (Å²) in [4.78, 5) is 11.5. The van der Waals surface area contributed by atoms with Crippen molar-refractivity contribution in [1.82, 2.24) is 0 Å². The first-order chi connectivity index (χ1) is 8.45. The summed E-state index contributed by atoms with van der Waals surface area (Å²) in [5.74, 6) is 0.103. The van der Waals surface area contributed by atoms with Crippen molar-refractivity contribution in [2.45, 2.75) is 39.9 Å². The third-order valence-corrected chi connectivity index (χ3v) is 2.54. The van der Waals surface area contributed by atoms with Gasteiger partial charge in [-0.15, -0.1) is 0 Å². The van der Waals surface area contributed by atoms with Gasteiger partial charge in [-0.05, 0) is 39.8 Å². The molecule has 2 unspecified atom stereocenters. The molecule has 1 aromatic rings. The van der Waals surface area contributed by atoms with Gasteiger partial charge in [0.1, 0.15) is 5.75 Å². The third-order valence-electron chi connectivity index (χ3n) is 2.54. The number of benzene rings is 1. The Kier molecular flexibility index (Phi) is 5.16. The first-order valence-corrected chi connectivity index (χ1v) is 6.07. The summed E-state index contributed by atoms with van der Waals surface area (Å²) in [6, 6.07) is 5.48. The smallest absolute Gasteiger partial charge is 0.347 e. The summed E-state index contributed by atoms with van der Waals surface area (Å²) in [6.45, 7) is 7.30. The Morgan fingerprint density at radius 2 is 2.06 bits per heavy atom. The summed E-state index contributed by atoms with van der Waals surface area (Å²) in [6.07, 6.45) is -1.33. The van der Waals surface area contributed by atoms with E-state index >= 15 is 0 Å². The van der Waals surface area contributed by atoms with Crippen LogP contribution in [0.3, 0.4) is 0 Å². The highest BCUT2D eigenvalue weighted by Crippen LogP contribution is 2.27. The van der Waals surface area contributed by atoms with E-state index in [1.54, 1.807) is 26.8 Å². The number of carbonyl (C=O) groups is 1. The van der Waals surface area contributed by atoms with E-state index in [1.165, 1.54) is 0 Å². The van der Waals surface area contributed by atoms with Gasteiger partial charge in [0.2, 0.25) is 0 Å². The first kappa shape index (κ1) is 14.5. The van der Waals surface area contributed by atoms with E-state index in [0.29, 0.717) is 17.9 Å². The molecule has 1 N–H and O–H groups in total. The second-order valence-corrected chi connectivity index (χ2v) is 4.23. The molecule has 1 aromatic carbocycles. The minimum atomic E-state index is -0.690. The Morgan fingerprint density at radius 1 is 1.39 bits per heavy atom. The number of esters is 1. The molecule has 0 saturated carbocycles. The normalized spacial score (nSPS) is 13.8. The molecule has 0 aliphatic heterocycles. The predicted octanol–water partition coefficient (Wildman–Crippen LogP) is 2.38. The van der Waals surface area contributed by atoms with Crippen molar-refractivity contribution in [2.24, 2.45) is 0 Å². The quantitative estimate of drug-likeness (QED) is 0.817. The molecule has 100 valence electrons. The molecule has 0 radical (unpaired) electrons. The fourth-order valence-electron chi connectivity index (χ4n) is 1.60. The van der Waals surface area contributed by atoms with E-state index in [4.69, 9.17) is 9.47 Å². The standard InChI is InChI=1S/C14H20O4/c1-5-17-14(16)11(4)18-13-7-6-9(2)8-12(13)10(3)15/h6-8,10-11,15H,5H2,1-4H3. The molecule has 1 rings (SSSR count). The van der Waals surface area contributed by atoms with Crippen LogP contribution >= 0.6 is 0 Å². The Hall–Kier alpha value is -1.55. The molecule has 18 heavy (non-hydrogen) atoms. The summed E-state index contributed by atoms with van der Waals surface area (Å²) in [5.41, 5.74) is 1.70. The molecular weight excluding hydrogens is 232 g/mol. The number of hydrogen-bond acceptors (Lipinski definition) is 4. The van der Waals surface area contributed by atoms with Crippen LogP contribution in [0.2, 0.25) is 0 Å². The number of rotatable bonds is 5. The lowest BCUT2D eigenvalue weighted by Gasteiger charge is -2.18. The molecule has 4 nitrogen and oxygen atoms in total. The van der Waals surface area contributed by atoms with Crippen molar-refractivity contribution in [3.8, 4) is 5.75 Å². The number of hydrogen-bond donors (Lipinski definition) is 1. The van der Waals surface area contributed by atoms with E-state index in [9.17, 15) is 9.90 Å². The average Bonchev–Trinajstić information content (AvgIpc) is 2.31. The van der Waals surface area contributed by atoms with Crippen LogP contribution in [0.5, 0.6) is 5.75 Å². The highest BCUT2D eigenvalue weighted by molar-refractivity contribution is 5.74. The van der Waals surface area contributed by atoms with E-state index < -0.39 is 18.2 Å². The van der Waals surface area contributed by atoms with Crippen LogP contribution in [0.1, 0.15) is 38.0 Å². The highest BCUT2D eigenvalue weighted by atomic mass is 16.6.